The van der Waals surface area contributed by atoms with Gasteiger partial charge in [0.2, 0.25) is 0 Å². The Morgan fingerprint density at radius 2 is 2.14 bits per heavy atom. The third-order valence-corrected chi connectivity index (χ3v) is 3.39. The Balaban J connectivity index is 2.14. The van der Waals surface area contributed by atoms with Gasteiger partial charge in [-0.1, -0.05) is 6.07 Å². The number of methoxy groups -OCH3 is 1. The van der Waals surface area contributed by atoms with Crippen molar-refractivity contribution in [2.75, 3.05) is 12.5 Å². The molecule has 0 radical (unpaired) electrons. The van der Waals surface area contributed by atoms with Crippen molar-refractivity contribution in [3.8, 4) is 11.5 Å². The Morgan fingerprint density at radius 1 is 1.36 bits per heavy atom. The lowest BCUT2D eigenvalue weighted by Gasteiger charge is -2.06. The zero-order chi connectivity index (χ0) is 16.1. The Labute approximate surface area is 135 Å². The number of hydrogen-bond donors (Lipinski definition) is 3. The summed E-state index contributed by atoms with van der Waals surface area (Å²) in [5, 5.41) is 22.7. The van der Waals surface area contributed by atoms with Crippen LogP contribution in [0.2, 0.25) is 0 Å². The molecule has 2 aromatic rings. The van der Waals surface area contributed by atoms with Crippen molar-refractivity contribution in [3.63, 3.8) is 0 Å². The largest absolute Gasteiger partial charge is 0.503 e. The first-order valence-corrected chi connectivity index (χ1v) is 6.99. The third kappa shape index (κ3) is 3.76. The van der Waals surface area contributed by atoms with Crippen LogP contribution in [-0.2, 0) is 0 Å². The molecule has 7 heteroatoms. The molecule has 0 saturated heterocycles. The Kier molecular flexibility index (Phi) is 5.00. The fourth-order valence-corrected chi connectivity index (χ4v) is 2.19. The third-order valence-electron chi connectivity index (χ3n) is 2.79. The quantitative estimate of drug-likeness (QED) is 0.559. The van der Waals surface area contributed by atoms with E-state index in [4.69, 9.17) is 9.84 Å². The number of nitrogens with one attached hydrogen (secondary N) is 1. The van der Waals surface area contributed by atoms with Crippen LogP contribution in [0.1, 0.15) is 15.9 Å². The van der Waals surface area contributed by atoms with Crippen LogP contribution in [0.3, 0.4) is 0 Å². The van der Waals surface area contributed by atoms with Gasteiger partial charge in [-0.3, -0.25) is 5.43 Å². The molecule has 0 aliphatic carbocycles. The van der Waals surface area contributed by atoms with E-state index in [1.54, 1.807) is 24.3 Å². The SMILES string of the molecule is COc1cc(C=NNc2cccc(C(=O)O)c2)cc(Br)c1O. The van der Waals surface area contributed by atoms with Crippen LogP contribution in [-0.4, -0.2) is 29.5 Å². The average molecular weight is 365 g/mol. The number of phenolic OH excluding ortho intramolecular Hbond substituents is 1. The molecule has 0 aliphatic heterocycles. The summed E-state index contributed by atoms with van der Waals surface area (Å²) in [5.41, 5.74) is 4.18. The van der Waals surface area contributed by atoms with Crippen LogP contribution in [0.25, 0.3) is 0 Å². The molecular formula is C15H13BrN2O4. The van der Waals surface area contributed by atoms with Crippen molar-refractivity contribution in [2.24, 2.45) is 5.10 Å². The highest BCUT2D eigenvalue weighted by Gasteiger charge is 2.07. The Morgan fingerprint density at radius 3 is 2.82 bits per heavy atom. The topological polar surface area (TPSA) is 91.2 Å². The summed E-state index contributed by atoms with van der Waals surface area (Å²) in [6.45, 7) is 0. The number of rotatable bonds is 5. The number of aromatic carboxylic acids is 1. The molecule has 0 atom stereocenters. The van der Waals surface area contributed by atoms with E-state index in [2.05, 4.69) is 26.5 Å². The van der Waals surface area contributed by atoms with Crippen molar-refractivity contribution in [2.45, 2.75) is 0 Å². The summed E-state index contributed by atoms with van der Waals surface area (Å²) in [5.74, 6) is -0.662. The fraction of sp³-hybridized carbons (Fsp3) is 0.0667. The maximum Gasteiger partial charge on any atom is 0.335 e. The van der Waals surface area contributed by atoms with Crippen LogP contribution in [0.5, 0.6) is 11.5 Å². The van der Waals surface area contributed by atoms with Crippen LogP contribution in [0.15, 0.2) is 46.0 Å². The number of anilines is 1. The molecule has 0 spiro atoms. The first-order chi connectivity index (χ1) is 10.5. The zero-order valence-corrected chi connectivity index (χ0v) is 13.2. The van der Waals surface area contributed by atoms with E-state index in [-0.39, 0.29) is 11.3 Å². The average Bonchev–Trinajstić information content (AvgIpc) is 2.51. The molecular weight excluding hydrogens is 352 g/mol. The van der Waals surface area contributed by atoms with Gasteiger partial charge >= 0.3 is 5.97 Å². The summed E-state index contributed by atoms with van der Waals surface area (Å²) in [7, 11) is 1.46. The van der Waals surface area contributed by atoms with Gasteiger partial charge in [0.05, 0.1) is 29.0 Å². The number of aromatic hydroxyl groups is 1. The minimum Gasteiger partial charge on any atom is -0.503 e. The first-order valence-electron chi connectivity index (χ1n) is 6.20. The fourth-order valence-electron chi connectivity index (χ4n) is 1.73. The van der Waals surface area contributed by atoms with E-state index in [0.717, 1.165) is 0 Å². The number of carbonyl (C=O) groups is 1. The predicted molar refractivity (Wildman–Crippen MR) is 87.0 cm³/mol. The summed E-state index contributed by atoms with van der Waals surface area (Å²) in [6, 6.07) is 9.61. The van der Waals surface area contributed by atoms with E-state index < -0.39 is 5.97 Å². The number of nitrogens with zero attached hydrogens (tertiary/aromatic N) is 1. The van der Waals surface area contributed by atoms with Crippen molar-refractivity contribution in [1.29, 1.82) is 0 Å². The second-order valence-electron chi connectivity index (χ2n) is 4.31. The second kappa shape index (κ2) is 6.95. The van der Waals surface area contributed by atoms with E-state index in [1.807, 2.05) is 0 Å². The number of carboxylic acid groups (broad SMARTS) is 1. The van der Waals surface area contributed by atoms with Gasteiger partial charge in [0.25, 0.3) is 0 Å². The molecule has 0 heterocycles. The molecule has 3 N–H and O–H groups in total. The zero-order valence-electron chi connectivity index (χ0n) is 11.6. The van der Waals surface area contributed by atoms with Gasteiger partial charge in [-0.2, -0.15) is 5.10 Å². The monoisotopic (exact) mass is 364 g/mol. The number of halogens is 1. The molecule has 0 bridgehead atoms. The molecule has 22 heavy (non-hydrogen) atoms. The number of benzene rings is 2. The number of carboxylic acids is 1. The molecule has 0 unspecified atom stereocenters. The summed E-state index contributed by atoms with van der Waals surface area (Å²) in [6.07, 6.45) is 1.53. The van der Waals surface area contributed by atoms with Crippen LogP contribution in [0.4, 0.5) is 5.69 Å². The van der Waals surface area contributed by atoms with Crippen molar-refractivity contribution in [1.82, 2.24) is 0 Å². The van der Waals surface area contributed by atoms with E-state index in [1.165, 1.54) is 25.5 Å². The molecule has 2 aromatic carbocycles. The highest BCUT2D eigenvalue weighted by atomic mass is 79.9. The van der Waals surface area contributed by atoms with Gasteiger partial charge in [-0.25, -0.2) is 4.79 Å². The first kappa shape index (κ1) is 15.8. The number of phenols is 1. The smallest absolute Gasteiger partial charge is 0.335 e. The molecule has 6 nitrogen and oxygen atoms in total. The molecule has 0 aromatic heterocycles. The van der Waals surface area contributed by atoms with Crippen molar-refractivity contribution >= 4 is 33.8 Å². The van der Waals surface area contributed by atoms with E-state index in [0.29, 0.717) is 21.5 Å². The minimum absolute atomic E-state index is 0.0155. The summed E-state index contributed by atoms with van der Waals surface area (Å²) < 4.78 is 5.53. The molecule has 114 valence electrons. The predicted octanol–water partition coefficient (Wildman–Crippen LogP) is 3.31. The number of hydrogen-bond acceptors (Lipinski definition) is 5. The highest BCUT2D eigenvalue weighted by Crippen LogP contribution is 2.34. The molecule has 0 amide bonds. The van der Waals surface area contributed by atoms with Crippen LogP contribution >= 0.6 is 15.9 Å². The lowest BCUT2D eigenvalue weighted by molar-refractivity contribution is 0.0697. The van der Waals surface area contributed by atoms with Crippen molar-refractivity contribution < 1.29 is 19.7 Å². The lowest BCUT2D eigenvalue weighted by atomic mass is 10.2. The Bertz CT molecular complexity index is 731. The summed E-state index contributed by atoms with van der Waals surface area (Å²) in [4.78, 5) is 10.9. The van der Waals surface area contributed by atoms with Gasteiger partial charge in [0, 0.05) is 0 Å². The minimum atomic E-state index is -1.00. The van der Waals surface area contributed by atoms with Gasteiger partial charge in [0.1, 0.15) is 0 Å². The van der Waals surface area contributed by atoms with Crippen molar-refractivity contribution in [3.05, 3.63) is 52.0 Å². The second-order valence-corrected chi connectivity index (χ2v) is 5.16. The highest BCUT2D eigenvalue weighted by molar-refractivity contribution is 9.10. The molecule has 0 saturated carbocycles. The molecule has 0 fully saturated rings. The summed E-state index contributed by atoms with van der Waals surface area (Å²) >= 11 is 3.22. The maximum atomic E-state index is 10.9. The number of ether oxygens (including phenoxy) is 1. The number of hydrazone groups is 1. The van der Waals surface area contributed by atoms with Gasteiger partial charge in [0.15, 0.2) is 11.5 Å². The van der Waals surface area contributed by atoms with Gasteiger partial charge < -0.3 is 14.9 Å². The van der Waals surface area contributed by atoms with Gasteiger partial charge in [-0.05, 0) is 51.8 Å². The molecule has 2 rings (SSSR count). The van der Waals surface area contributed by atoms with Gasteiger partial charge in [-0.15, -0.1) is 0 Å². The Hall–Kier alpha value is -2.54. The molecule has 0 aliphatic rings. The van der Waals surface area contributed by atoms with Crippen LogP contribution < -0.4 is 10.2 Å². The van der Waals surface area contributed by atoms with E-state index >= 15 is 0 Å². The standard InChI is InChI=1S/C15H13BrN2O4/c1-22-13-6-9(5-12(16)14(13)19)8-17-18-11-4-2-3-10(7-11)15(20)21/h2-8,18-19H,1H3,(H,20,21). The lowest BCUT2D eigenvalue weighted by Crippen LogP contribution is -1.97. The normalized spacial score (nSPS) is 10.6. The van der Waals surface area contributed by atoms with Crippen LogP contribution in [0, 0.1) is 0 Å². The maximum absolute atomic E-state index is 10.9. The van der Waals surface area contributed by atoms with E-state index in [9.17, 15) is 9.90 Å².